The van der Waals surface area contributed by atoms with Gasteiger partial charge in [-0.25, -0.2) is 4.98 Å². The summed E-state index contributed by atoms with van der Waals surface area (Å²) in [5.41, 5.74) is 7.50. The molecule has 0 bridgehead atoms. The second-order valence-corrected chi connectivity index (χ2v) is 7.09. The number of fused-ring (bicyclic) bond motifs is 1. The van der Waals surface area contributed by atoms with Crippen LogP contribution in [-0.2, 0) is 6.42 Å². The molecule has 1 atom stereocenters. The van der Waals surface area contributed by atoms with E-state index in [-0.39, 0.29) is 6.04 Å². The van der Waals surface area contributed by atoms with Crippen LogP contribution in [0.4, 0.5) is 5.82 Å². The predicted octanol–water partition coefficient (Wildman–Crippen LogP) is 3.44. The number of hydrogen-bond acceptors (Lipinski definition) is 4. The zero-order chi connectivity index (χ0) is 14.8. The first-order valence-electron chi connectivity index (χ1n) is 8.13. The lowest BCUT2D eigenvalue weighted by atomic mass is 9.94. The largest absolute Gasteiger partial charge is 0.355 e. The van der Waals surface area contributed by atoms with Crippen molar-refractivity contribution < 1.29 is 0 Å². The minimum absolute atomic E-state index is 0.211. The molecule has 4 nitrogen and oxygen atoms in total. The Hall–Kier alpha value is -1.07. The maximum Gasteiger partial charge on any atom is 0.195 e. The lowest BCUT2D eigenvalue weighted by molar-refractivity contribution is 0.425. The minimum Gasteiger partial charge on any atom is -0.355 e. The first kappa shape index (κ1) is 14.9. The number of anilines is 1. The average molecular weight is 306 g/mol. The SMILES string of the molecule is CCC(N)Cc1c(N(C)C2CCCCC2)nc2sccn12. The van der Waals surface area contributed by atoms with E-state index in [0.717, 1.165) is 23.6 Å². The molecular formula is C16H26N4S. The van der Waals surface area contributed by atoms with E-state index in [1.54, 1.807) is 11.3 Å². The lowest BCUT2D eigenvalue weighted by Crippen LogP contribution is -2.35. The van der Waals surface area contributed by atoms with Crippen LogP contribution in [0.1, 0.15) is 51.1 Å². The molecular weight excluding hydrogens is 280 g/mol. The average Bonchev–Trinajstić information content (AvgIpc) is 3.10. The molecule has 2 heterocycles. The Morgan fingerprint density at radius 2 is 2.19 bits per heavy atom. The fourth-order valence-electron chi connectivity index (χ4n) is 3.33. The van der Waals surface area contributed by atoms with E-state index in [9.17, 15) is 0 Å². The van der Waals surface area contributed by atoms with Crippen molar-refractivity contribution in [3.8, 4) is 0 Å². The third-order valence-electron chi connectivity index (χ3n) is 4.78. The molecule has 5 heteroatoms. The highest BCUT2D eigenvalue weighted by molar-refractivity contribution is 7.15. The molecule has 0 amide bonds. The third-order valence-corrected chi connectivity index (χ3v) is 5.53. The number of nitrogens with zero attached hydrogens (tertiary/aromatic N) is 3. The van der Waals surface area contributed by atoms with Gasteiger partial charge in [-0.05, 0) is 19.3 Å². The summed E-state index contributed by atoms with van der Waals surface area (Å²) in [6.45, 7) is 2.15. The monoisotopic (exact) mass is 306 g/mol. The quantitative estimate of drug-likeness (QED) is 0.920. The molecule has 1 aliphatic rings. The summed E-state index contributed by atoms with van der Waals surface area (Å²) in [7, 11) is 2.21. The highest BCUT2D eigenvalue weighted by atomic mass is 32.1. The van der Waals surface area contributed by atoms with Gasteiger partial charge >= 0.3 is 0 Å². The molecule has 1 aliphatic carbocycles. The number of nitrogens with two attached hydrogens (primary N) is 1. The molecule has 0 aromatic carbocycles. The number of aromatic nitrogens is 2. The summed E-state index contributed by atoms with van der Waals surface area (Å²) in [5, 5.41) is 2.10. The fraction of sp³-hybridized carbons (Fsp3) is 0.688. The number of rotatable bonds is 5. The van der Waals surface area contributed by atoms with Gasteiger partial charge in [-0.1, -0.05) is 26.2 Å². The number of thiazole rings is 1. The van der Waals surface area contributed by atoms with Crippen molar-refractivity contribution in [2.24, 2.45) is 5.73 Å². The van der Waals surface area contributed by atoms with Gasteiger partial charge in [0.25, 0.3) is 0 Å². The topological polar surface area (TPSA) is 46.6 Å². The van der Waals surface area contributed by atoms with Crippen molar-refractivity contribution >= 4 is 22.1 Å². The highest BCUT2D eigenvalue weighted by Crippen LogP contribution is 2.30. The Kier molecular flexibility index (Phi) is 4.50. The van der Waals surface area contributed by atoms with E-state index < -0.39 is 0 Å². The molecule has 0 spiro atoms. The lowest BCUT2D eigenvalue weighted by Gasteiger charge is -2.32. The molecule has 0 aliphatic heterocycles. The van der Waals surface area contributed by atoms with Crippen LogP contribution >= 0.6 is 11.3 Å². The van der Waals surface area contributed by atoms with Crippen LogP contribution in [0.2, 0.25) is 0 Å². The normalized spacial score (nSPS) is 18.2. The van der Waals surface area contributed by atoms with Crippen molar-refractivity contribution in [1.82, 2.24) is 9.38 Å². The summed E-state index contributed by atoms with van der Waals surface area (Å²) in [6, 6.07) is 0.850. The molecule has 0 radical (unpaired) electrons. The zero-order valence-corrected chi connectivity index (χ0v) is 13.9. The summed E-state index contributed by atoms with van der Waals surface area (Å²) in [5.74, 6) is 1.15. The van der Waals surface area contributed by atoms with Gasteiger partial charge in [0.1, 0.15) is 0 Å². The first-order chi connectivity index (χ1) is 10.2. The fourth-order valence-corrected chi connectivity index (χ4v) is 4.06. The van der Waals surface area contributed by atoms with Crippen molar-refractivity contribution in [2.75, 3.05) is 11.9 Å². The molecule has 2 aromatic heterocycles. The van der Waals surface area contributed by atoms with Crippen LogP contribution in [0.25, 0.3) is 4.96 Å². The van der Waals surface area contributed by atoms with Crippen molar-refractivity contribution in [1.29, 1.82) is 0 Å². The van der Waals surface area contributed by atoms with Gasteiger partial charge in [0, 0.05) is 37.1 Å². The summed E-state index contributed by atoms with van der Waals surface area (Å²) in [6.07, 6.45) is 10.7. The summed E-state index contributed by atoms with van der Waals surface area (Å²) in [4.78, 5) is 8.39. The summed E-state index contributed by atoms with van der Waals surface area (Å²) >= 11 is 1.71. The van der Waals surface area contributed by atoms with Crippen molar-refractivity contribution in [3.63, 3.8) is 0 Å². The van der Waals surface area contributed by atoms with E-state index in [0.29, 0.717) is 6.04 Å². The van der Waals surface area contributed by atoms with E-state index in [2.05, 4.69) is 34.8 Å². The molecule has 0 saturated heterocycles. The van der Waals surface area contributed by atoms with Gasteiger partial charge in [0.15, 0.2) is 10.8 Å². The van der Waals surface area contributed by atoms with E-state index in [4.69, 9.17) is 10.7 Å². The van der Waals surface area contributed by atoms with E-state index >= 15 is 0 Å². The maximum atomic E-state index is 6.22. The van der Waals surface area contributed by atoms with Crippen molar-refractivity contribution in [3.05, 3.63) is 17.3 Å². The highest BCUT2D eigenvalue weighted by Gasteiger charge is 2.24. The predicted molar refractivity (Wildman–Crippen MR) is 90.3 cm³/mol. The van der Waals surface area contributed by atoms with Gasteiger partial charge in [0.2, 0.25) is 0 Å². The third kappa shape index (κ3) is 2.94. The van der Waals surface area contributed by atoms with Gasteiger partial charge in [-0.15, -0.1) is 11.3 Å². The van der Waals surface area contributed by atoms with Crippen molar-refractivity contribution in [2.45, 2.75) is 64.0 Å². The van der Waals surface area contributed by atoms with Crippen LogP contribution in [0.5, 0.6) is 0 Å². The molecule has 2 aromatic rings. The molecule has 2 N–H and O–H groups in total. The molecule has 1 fully saturated rings. The Labute approximate surface area is 131 Å². The Bertz CT molecular complexity index is 582. The van der Waals surface area contributed by atoms with Crippen LogP contribution in [0.15, 0.2) is 11.6 Å². The van der Waals surface area contributed by atoms with E-state index in [1.165, 1.54) is 37.8 Å². The molecule has 116 valence electrons. The molecule has 21 heavy (non-hydrogen) atoms. The minimum atomic E-state index is 0.211. The first-order valence-corrected chi connectivity index (χ1v) is 9.01. The standard InChI is InChI=1S/C16H26N4S/c1-3-12(17)11-14-15(18-16-20(14)9-10-21-16)19(2)13-7-5-4-6-8-13/h9-10,12-13H,3-8,11,17H2,1-2H3. The molecule has 1 saturated carbocycles. The number of hydrogen-bond donors (Lipinski definition) is 1. The summed E-state index contributed by atoms with van der Waals surface area (Å²) < 4.78 is 2.23. The van der Waals surface area contributed by atoms with E-state index in [1.807, 2.05) is 0 Å². The Morgan fingerprint density at radius 1 is 1.43 bits per heavy atom. The smallest absolute Gasteiger partial charge is 0.195 e. The molecule has 1 unspecified atom stereocenters. The van der Waals surface area contributed by atoms with Crippen LogP contribution in [-0.4, -0.2) is 28.5 Å². The maximum absolute atomic E-state index is 6.22. The van der Waals surface area contributed by atoms with Gasteiger partial charge in [-0.2, -0.15) is 0 Å². The van der Waals surface area contributed by atoms with Gasteiger partial charge in [-0.3, -0.25) is 4.40 Å². The van der Waals surface area contributed by atoms with Crippen LogP contribution in [0.3, 0.4) is 0 Å². The molecule has 3 rings (SSSR count). The second-order valence-electron chi connectivity index (χ2n) is 6.21. The number of imidazole rings is 1. The Balaban J connectivity index is 1.92. The van der Waals surface area contributed by atoms with Gasteiger partial charge < -0.3 is 10.6 Å². The Morgan fingerprint density at radius 3 is 2.90 bits per heavy atom. The second kappa shape index (κ2) is 6.36. The zero-order valence-electron chi connectivity index (χ0n) is 13.1. The van der Waals surface area contributed by atoms with Gasteiger partial charge in [0.05, 0.1) is 5.69 Å². The van der Waals surface area contributed by atoms with Crippen LogP contribution in [0, 0.1) is 0 Å². The van der Waals surface area contributed by atoms with Crippen LogP contribution < -0.4 is 10.6 Å².